The first-order valence-corrected chi connectivity index (χ1v) is 9.38. The molecule has 1 saturated heterocycles. The maximum Gasteiger partial charge on any atom is 0.273 e. The number of carbonyl (C=O) groups excluding carboxylic acids is 2. The Morgan fingerprint density at radius 2 is 2.14 bits per heavy atom. The van der Waals surface area contributed by atoms with E-state index < -0.39 is 0 Å². The molecule has 1 aliphatic heterocycles. The van der Waals surface area contributed by atoms with E-state index in [0.717, 1.165) is 0 Å². The molecular weight excluding hydrogens is 378 g/mol. The number of rotatable bonds is 9. The minimum Gasteiger partial charge on any atom is -0.489 e. The van der Waals surface area contributed by atoms with Crippen molar-refractivity contribution in [1.82, 2.24) is 15.4 Å². The summed E-state index contributed by atoms with van der Waals surface area (Å²) in [5.74, 6) is 0.752. The van der Waals surface area contributed by atoms with Crippen LogP contribution in [0.3, 0.4) is 0 Å². The Hall–Kier alpha value is -2.91. The van der Waals surface area contributed by atoms with Crippen LogP contribution in [0.4, 0.5) is 0 Å². The van der Waals surface area contributed by atoms with E-state index in [-0.39, 0.29) is 43.4 Å². The van der Waals surface area contributed by atoms with Gasteiger partial charge in [0.25, 0.3) is 5.91 Å². The van der Waals surface area contributed by atoms with Gasteiger partial charge in [-0.2, -0.15) is 0 Å². The summed E-state index contributed by atoms with van der Waals surface area (Å²) in [6, 6.07) is 9.30. The Kier molecular flexibility index (Phi) is 7.20. The van der Waals surface area contributed by atoms with Crippen molar-refractivity contribution in [3.05, 3.63) is 47.3 Å². The summed E-state index contributed by atoms with van der Waals surface area (Å²) in [5.41, 5.74) is 0.773. The SMILES string of the molecule is COCCN1CC(CNC(=O)c2noc(C)c2COc2ccccc2)OCC1=O. The largest absolute Gasteiger partial charge is 0.489 e. The van der Waals surface area contributed by atoms with Crippen LogP contribution in [0, 0.1) is 6.92 Å². The summed E-state index contributed by atoms with van der Waals surface area (Å²) < 4.78 is 21.4. The molecule has 1 unspecified atom stereocenters. The highest BCUT2D eigenvalue weighted by atomic mass is 16.5. The quantitative estimate of drug-likeness (QED) is 0.670. The Morgan fingerprint density at radius 3 is 2.90 bits per heavy atom. The topological polar surface area (TPSA) is 103 Å². The fraction of sp³-hybridized carbons (Fsp3) is 0.450. The number of aryl methyl sites for hydroxylation is 1. The van der Waals surface area contributed by atoms with Gasteiger partial charge in [0.05, 0.1) is 18.3 Å². The third-order valence-corrected chi connectivity index (χ3v) is 4.60. The number of nitrogens with zero attached hydrogens (tertiary/aromatic N) is 2. The lowest BCUT2D eigenvalue weighted by Gasteiger charge is -2.32. The van der Waals surface area contributed by atoms with Crippen LogP contribution in [0.15, 0.2) is 34.9 Å². The molecule has 1 aromatic carbocycles. The van der Waals surface area contributed by atoms with Crippen molar-refractivity contribution in [2.75, 3.05) is 40.0 Å². The van der Waals surface area contributed by atoms with E-state index in [4.69, 9.17) is 18.7 Å². The minimum absolute atomic E-state index is 0.0104. The van der Waals surface area contributed by atoms with Gasteiger partial charge in [0.15, 0.2) is 5.69 Å². The third kappa shape index (κ3) is 5.55. The monoisotopic (exact) mass is 403 g/mol. The van der Waals surface area contributed by atoms with Crippen LogP contribution in [0.25, 0.3) is 0 Å². The van der Waals surface area contributed by atoms with Crippen molar-refractivity contribution in [3.63, 3.8) is 0 Å². The zero-order valence-electron chi connectivity index (χ0n) is 16.6. The van der Waals surface area contributed by atoms with E-state index in [9.17, 15) is 9.59 Å². The molecule has 1 N–H and O–H groups in total. The van der Waals surface area contributed by atoms with E-state index in [1.807, 2.05) is 30.3 Å². The summed E-state index contributed by atoms with van der Waals surface area (Å²) in [6.07, 6.45) is -0.300. The normalized spacial score (nSPS) is 16.7. The molecule has 0 aliphatic carbocycles. The summed E-state index contributed by atoms with van der Waals surface area (Å²) in [7, 11) is 1.58. The summed E-state index contributed by atoms with van der Waals surface area (Å²) in [5, 5.41) is 6.67. The van der Waals surface area contributed by atoms with Gasteiger partial charge in [0.1, 0.15) is 24.7 Å². The number of benzene rings is 1. The van der Waals surface area contributed by atoms with Crippen molar-refractivity contribution in [3.8, 4) is 5.75 Å². The van der Waals surface area contributed by atoms with Crippen molar-refractivity contribution >= 4 is 11.8 Å². The van der Waals surface area contributed by atoms with Crippen LogP contribution in [0.5, 0.6) is 5.75 Å². The van der Waals surface area contributed by atoms with E-state index in [0.29, 0.717) is 36.8 Å². The van der Waals surface area contributed by atoms with Crippen LogP contribution < -0.4 is 10.1 Å². The molecule has 9 heteroatoms. The van der Waals surface area contributed by atoms with Crippen molar-refractivity contribution < 1.29 is 28.3 Å². The van der Waals surface area contributed by atoms with Crippen LogP contribution in [0.2, 0.25) is 0 Å². The summed E-state index contributed by atoms with van der Waals surface area (Å²) in [4.78, 5) is 26.1. The van der Waals surface area contributed by atoms with Crippen LogP contribution in [0.1, 0.15) is 21.8 Å². The van der Waals surface area contributed by atoms with Gasteiger partial charge in [0.2, 0.25) is 5.91 Å². The fourth-order valence-corrected chi connectivity index (χ4v) is 2.92. The molecule has 0 saturated carbocycles. The lowest BCUT2D eigenvalue weighted by atomic mass is 10.2. The van der Waals surface area contributed by atoms with Crippen LogP contribution >= 0.6 is 0 Å². The number of hydrogen-bond donors (Lipinski definition) is 1. The molecular formula is C20H25N3O6. The van der Waals surface area contributed by atoms with Gasteiger partial charge < -0.3 is 29.0 Å². The fourth-order valence-electron chi connectivity index (χ4n) is 2.92. The van der Waals surface area contributed by atoms with Crippen LogP contribution in [-0.4, -0.2) is 67.9 Å². The highest BCUT2D eigenvalue weighted by Gasteiger charge is 2.27. The van der Waals surface area contributed by atoms with Crippen molar-refractivity contribution in [1.29, 1.82) is 0 Å². The molecule has 1 aliphatic rings. The zero-order valence-corrected chi connectivity index (χ0v) is 16.6. The molecule has 2 amide bonds. The Balaban J connectivity index is 1.55. The summed E-state index contributed by atoms with van der Waals surface area (Å²) >= 11 is 0. The number of hydrogen-bond acceptors (Lipinski definition) is 7. The van der Waals surface area contributed by atoms with Gasteiger partial charge in [-0.15, -0.1) is 0 Å². The first-order valence-electron chi connectivity index (χ1n) is 9.38. The molecule has 0 spiro atoms. The van der Waals surface area contributed by atoms with E-state index in [1.165, 1.54) is 0 Å². The Morgan fingerprint density at radius 1 is 1.34 bits per heavy atom. The average molecular weight is 403 g/mol. The third-order valence-electron chi connectivity index (χ3n) is 4.60. The van der Waals surface area contributed by atoms with Gasteiger partial charge in [-0.05, 0) is 19.1 Å². The molecule has 1 fully saturated rings. The summed E-state index contributed by atoms with van der Waals surface area (Å²) in [6.45, 7) is 3.48. The molecule has 2 heterocycles. The molecule has 1 aromatic heterocycles. The predicted molar refractivity (Wildman–Crippen MR) is 103 cm³/mol. The van der Waals surface area contributed by atoms with Gasteiger partial charge >= 0.3 is 0 Å². The van der Waals surface area contributed by atoms with Gasteiger partial charge in [-0.3, -0.25) is 9.59 Å². The highest BCUT2D eigenvalue weighted by molar-refractivity contribution is 5.93. The second-order valence-electron chi connectivity index (χ2n) is 6.64. The number of ether oxygens (including phenoxy) is 3. The van der Waals surface area contributed by atoms with Crippen molar-refractivity contribution in [2.24, 2.45) is 0 Å². The smallest absolute Gasteiger partial charge is 0.273 e. The van der Waals surface area contributed by atoms with Gasteiger partial charge in [-0.1, -0.05) is 23.4 Å². The standard InChI is InChI=1S/C20H25N3O6/c1-14-17(12-27-15-6-4-3-5-7-15)19(22-29-14)20(25)21-10-16-11-23(8-9-26-2)18(24)13-28-16/h3-7,16H,8-13H2,1-2H3,(H,21,25). The Bertz CT molecular complexity index is 823. The second kappa shape index (κ2) is 10.0. The lowest BCUT2D eigenvalue weighted by Crippen LogP contribution is -2.51. The van der Waals surface area contributed by atoms with Gasteiger partial charge in [0, 0.05) is 26.7 Å². The number of amides is 2. The second-order valence-corrected chi connectivity index (χ2v) is 6.64. The molecule has 1 atom stereocenters. The number of para-hydroxylation sites is 1. The molecule has 156 valence electrons. The molecule has 0 radical (unpaired) electrons. The Labute approximate surface area is 168 Å². The van der Waals surface area contributed by atoms with E-state index >= 15 is 0 Å². The maximum absolute atomic E-state index is 12.6. The molecule has 0 bridgehead atoms. The average Bonchev–Trinajstić information content (AvgIpc) is 3.11. The minimum atomic E-state index is -0.377. The number of nitrogens with one attached hydrogen (secondary N) is 1. The maximum atomic E-state index is 12.6. The predicted octanol–water partition coefficient (Wildman–Crippen LogP) is 1.17. The molecule has 9 nitrogen and oxygen atoms in total. The van der Waals surface area contributed by atoms with E-state index in [1.54, 1.807) is 18.9 Å². The number of carbonyl (C=O) groups is 2. The molecule has 29 heavy (non-hydrogen) atoms. The zero-order chi connectivity index (χ0) is 20.6. The first kappa shape index (κ1) is 20.8. The molecule has 2 aromatic rings. The number of aromatic nitrogens is 1. The highest BCUT2D eigenvalue weighted by Crippen LogP contribution is 2.18. The lowest BCUT2D eigenvalue weighted by molar-refractivity contribution is -0.149. The first-order chi connectivity index (χ1) is 14.1. The molecule has 3 rings (SSSR count). The van der Waals surface area contributed by atoms with Crippen molar-refractivity contribution in [2.45, 2.75) is 19.6 Å². The van der Waals surface area contributed by atoms with Gasteiger partial charge in [-0.25, -0.2) is 0 Å². The van der Waals surface area contributed by atoms with Crippen LogP contribution in [-0.2, 0) is 20.9 Å². The number of methoxy groups -OCH3 is 1. The van der Waals surface area contributed by atoms with E-state index in [2.05, 4.69) is 10.5 Å². The number of morpholine rings is 1.